The van der Waals surface area contributed by atoms with E-state index in [0.29, 0.717) is 11.1 Å². The zero-order chi connectivity index (χ0) is 15.8. The zero-order valence-corrected chi connectivity index (χ0v) is 14.5. The molecule has 1 saturated heterocycles. The fourth-order valence-electron chi connectivity index (χ4n) is 2.74. The van der Waals surface area contributed by atoms with Gasteiger partial charge in [-0.05, 0) is 38.0 Å². The van der Waals surface area contributed by atoms with E-state index in [1.165, 1.54) is 12.8 Å². The molecule has 0 unspecified atom stereocenters. The average Bonchev–Trinajstić information content (AvgIpc) is 2.88. The molecule has 1 N–H and O–H groups in total. The van der Waals surface area contributed by atoms with Gasteiger partial charge in [0.05, 0.1) is 5.69 Å². The van der Waals surface area contributed by atoms with E-state index >= 15 is 0 Å². The van der Waals surface area contributed by atoms with Crippen LogP contribution in [0.1, 0.15) is 53.2 Å². The van der Waals surface area contributed by atoms with Crippen molar-refractivity contribution in [2.75, 3.05) is 18.0 Å². The Balaban J connectivity index is 2.06. The first kappa shape index (κ1) is 16.3. The summed E-state index contributed by atoms with van der Waals surface area (Å²) in [7, 11) is 0. The summed E-state index contributed by atoms with van der Waals surface area (Å²) in [5, 5.41) is 12.1. The standard InChI is InChI=1S/C16H26N2O2S/c1-15(2,3)11-6-8-18(9-7-11)14-17-12(10-21-14)16(4,5)13(19)20/h10-11H,6-9H2,1-5H3,(H,19,20). The first-order valence-corrected chi connectivity index (χ1v) is 8.44. The maximum atomic E-state index is 11.3. The average molecular weight is 310 g/mol. The zero-order valence-electron chi connectivity index (χ0n) is 13.6. The number of rotatable bonds is 3. The summed E-state index contributed by atoms with van der Waals surface area (Å²) in [5.41, 5.74) is 0.108. The van der Waals surface area contributed by atoms with Crippen molar-refractivity contribution in [2.45, 2.75) is 52.9 Å². The molecule has 0 atom stereocenters. The van der Waals surface area contributed by atoms with E-state index in [4.69, 9.17) is 0 Å². The Kier molecular flexibility index (Phi) is 4.34. The minimum absolute atomic E-state index is 0.366. The van der Waals surface area contributed by atoms with Crippen LogP contribution in [0.25, 0.3) is 0 Å². The molecule has 0 amide bonds. The van der Waals surface area contributed by atoms with Crippen LogP contribution < -0.4 is 4.90 Å². The number of aromatic nitrogens is 1. The van der Waals surface area contributed by atoms with Gasteiger partial charge in [-0.3, -0.25) is 4.79 Å². The Morgan fingerprint density at radius 1 is 1.29 bits per heavy atom. The highest BCUT2D eigenvalue weighted by Gasteiger charge is 2.34. The van der Waals surface area contributed by atoms with Crippen LogP contribution in [0.3, 0.4) is 0 Å². The van der Waals surface area contributed by atoms with Crippen LogP contribution in [0, 0.1) is 11.3 Å². The number of hydrogen-bond acceptors (Lipinski definition) is 4. The van der Waals surface area contributed by atoms with Gasteiger partial charge in [0, 0.05) is 18.5 Å². The van der Waals surface area contributed by atoms with Crippen molar-refractivity contribution in [3.05, 3.63) is 11.1 Å². The third-order valence-electron chi connectivity index (χ3n) is 4.66. The highest BCUT2D eigenvalue weighted by molar-refractivity contribution is 7.13. The number of piperidine rings is 1. The first-order valence-electron chi connectivity index (χ1n) is 7.56. The van der Waals surface area contributed by atoms with Gasteiger partial charge < -0.3 is 10.0 Å². The SMILES string of the molecule is CC(C)(C(=O)O)c1csc(N2CCC(C(C)(C)C)CC2)n1. The lowest BCUT2D eigenvalue weighted by molar-refractivity contribution is -0.142. The second kappa shape index (κ2) is 5.59. The van der Waals surface area contributed by atoms with Crippen molar-refractivity contribution < 1.29 is 9.90 Å². The van der Waals surface area contributed by atoms with Crippen LogP contribution in [-0.2, 0) is 10.2 Å². The van der Waals surface area contributed by atoms with Crippen molar-refractivity contribution in [1.82, 2.24) is 4.98 Å². The lowest BCUT2D eigenvalue weighted by Crippen LogP contribution is -2.38. The summed E-state index contributed by atoms with van der Waals surface area (Å²) < 4.78 is 0. The van der Waals surface area contributed by atoms with Gasteiger partial charge in [-0.25, -0.2) is 4.98 Å². The number of aliphatic carboxylic acids is 1. The van der Waals surface area contributed by atoms with E-state index in [1.807, 2.05) is 5.38 Å². The molecule has 0 bridgehead atoms. The molecule has 0 spiro atoms. The van der Waals surface area contributed by atoms with Gasteiger partial charge in [0.25, 0.3) is 0 Å². The topological polar surface area (TPSA) is 53.4 Å². The van der Waals surface area contributed by atoms with Crippen LogP contribution in [0.4, 0.5) is 5.13 Å². The lowest BCUT2D eigenvalue weighted by atomic mass is 9.75. The van der Waals surface area contributed by atoms with Crippen LogP contribution in [-0.4, -0.2) is 29.1 Å². The van der Waals surface area contributed by atoms with Gasteiger partial charge in [-0.15, -0.1) is 11.3 Å². The first-order chi connectivity index (χ1) is 9.62. The summed E-state index contributed by atoms with van der Waals surface area (Å²) in [4.78, 5) is 18.2. The third-order valence-corrected chi connectivity index (χ3v) is 5.56. The predicted octanol–water partition coefficient (Wildman–Crippen LogP) is 3.77. The van der Waals surface area contributed by atoms with Gasteiger partial charge >= 0.3 is 5.97 Å². The van der Waals surface area contributed by atoms with E-state index < -0.39 is 11.4 Å². The Labute approximate surface area is 131 Å². The number of nitrogens with zero attached hydrogens (tertiary/aromatic N) is 2. The number of hydrogen-bond donors (Lipinski definition) is 1. The fraction of sp³-hybridized carbons (Fsp3) is 0.750. The third kappa shape index (κ3) is 3.39. The molecule has 2 heterocycles. The van der Waals surface area contributed by atoms with E-state index in [-0.39, 0.29) is 0 Å². The van der Waals surface area contributed by atoms with Crippen molar-refractivity contribution in [1.29, 1.82) is 0 Å². The monoisotopic (exact) mass is 310 g/mol. The summed E-state index contributed by atoms with van der Waals surface area (Å²) in [5.74, 6) is -0.0746. The second-order valence-corrected chi connectivity index (χ2v) is 8.41. The van der Waals surface area contributed by atoms with E-state index in [9.17, 15) is 9.90 Å². The predicted molar refractivity (Wildman–Crippen MR) is 87.2 cm³/mol. The summed E-state index contributed by atoms with van der Waals surface area (Å²) in [6, 6.07) is 0. The molecule has 0 saturated carbocycles. The second-order valence-electron chi connectivity index (χ2n) is 7.57. The highest BCUT2D eigenvalue weighted by Crippen LogP contribution is 2.37. The molecule has 1 aromatic heterocycles. The summed E-state index contributed by atoms with van der Waals surface area (Å²) in [6.45, 7) is 12.4. The lowest BCUT2D eigenvalue weighted by Gasteiger charge is -2.38. The quantitative estimate of drug-likeness (QED) is 0.923. The van der Waals surface area contributed by atoms with Gasteiger partial charge in [-0.2, -0.15) is 0 Å². The smallest absolute Gasteiger partial charge is 0.315 e. The van der Waals surface area contributed by atoms with Crippen molar-refractivity contribution >= 4 is 22.4 Å². The molecule has 21 heavy (non-hydrogen) atoms. The van der Waals surface area contributed by atoms with E-state index in [2.05, 4.69) is 30.7 Å². The molecule has 118 valence electrons. The Morgan fingerprint density at radius 2 is 1.86 bits per heavy atom. The normalized spacial score (nSPS) is 18.0. The van der Waals surface area contributed by atoms with Gasteiger partial charge in [-0.1, -0.05) is 20.8 Å². The fourth-order valence-corrected chi connectivity index (χ4v) is 3.79. The maximum Gasteiger partial charge on any atom is 0.315 e. The minimum atomic E-state index is -0.918. The Morgan fingerprint density at radius 3 is 2.33 bits per heavy atom. The molecule has 0 aliphatic carbocycles. The summed E-state index contributed by atoms with van der Waals surface area (Å²) in [6.07, 6.45) is 2.36. The van der Waals surface area contributed by atoms with Gasteiger partial charge in [0.1, 0.15) is 5.41 Å². The largest absolute Gasteiger partial charge is 0.481 e. The van der Waals surface area contributed by atoms with Crippen molar-refractivity contribution in [3.63, 3.8) is 0 Å². The Bertz CT molecular complexity index is 509. The van der Waals surface area contributed by atoms with Crippen molar-refractivity contribution in [2.24, 2.45) is 11.3 Å². The van der Waals surface area contributed by atoms with E-state index in [1.54, 1.807) is 25.2 Å². The molecule has 1 aromatic rings. The number of thiazole rings is 1. The molecule has 1 aliphatic rings. The number of carboxylic acids is 1. The molecule has 1 fully saturated rings. The molecular formula is C16H26N2O2S. The Hall–Kier alpha value is -1.10. The number of anilines is 1. The van der Waals surface area contributed by atoms with Crippen LogP contribution in [0.5, 0.6) is 0 Å². The van der Waals surface area contributed by atoms with Gasteiger partial charge in [0.15, 0.2) is 5.13 Å². The van der Waals surface area contributed by atoms with Crippen molar-refractivity contribution in [3.8, 4) is 0 Å². The van der Waals surface area contributed by atoms with Gasteiger partial charge in [0.2, 0.25) is 0 Å². The molecule has 2 rings (SSSR count). The molecule has 5 heteroatoms. The molecular weight excluding hydrogens is 284 g/mol. The molecule has 0 aromatic carbocycles. The molecule has 4 nitrogen and oxygen atoms in total. The van der Waals surface area contributed by atoms with E-state index in [0.717, 1.165) is 24.1 Å². The van der Waals surface area contributed by atoms with Crippen LogP contribution >= 0.6 is 11.3 Å². The van der Waals surface area contributed by atoms with Crippen LogP contribution in [0.2, 0.25) is 0 Å². The number of carbonyl (C=O) groups is 1. The molecule has 1 aliphatic heterocycles. The highest BCUT2D eigenvalue weighted by atomic mass is 32.1. The summed E-state index contributed by atoms with van der Waals surface area (Å²) >= 11 is 1.56. The molecule has 0 radical (unpaired) electrons. The minimum Gasteiger partial charge on any atom is -0.481 e. The number of carboxylic acid groups (broad SMARTS) is 1. The maximum absolute atomic E-state index is 11.3. The van der Waals surface area contributed by atoms with Crippen LogP contribution in [0.15, 0.2) is 5.38 Å².